The Bertz CT molecular complexity index is 1340. The minimum absolute atomic E-state index is 0.375. The SMILES string of the molecule is CC[C@H]1CN(c2ccc3cc(-c4cn5cc(C)nc(C)c5n4)c(=O)oc3c2)CCN1C. The largest absolute Gasteiger partial charge is 0.422 e. The van der Waals surface area contributed by atoms with Crippen molar-refractivity contribution < 1.29 is 4.42 Å². The molecule has 0 amide bonds. The number of benzene rings is 1. The van der Waals surface area contributed by atoms with E-state index in [1.807, 2.05) is 48.8 Å². The Morgan fingerprint density at radius 1 is 1.13 bits per heavy atom. The fourth-order valence-electron chi connectivity index (χ4n) is 4.53. The summed E-state index contributed by atoms with van der Waals surface area (Å²) in [6.07, 6.45) is 4.89. The van der Waals surface area contributed by atoms with Gasteiger partial charge in [0.05, 0.1) is 22.6 Å². The molecule has 7 nitrogen and oxygen atoms in total. The lowest BCUT2D eigenvalue weighted by Gasteiger charge is -2.40. The Kier molecular flexibility index (Phi) is 4.78. The van der Waals surface area contributed by atoms with E-state index in [9.17, 15) is 4.79 Å². The first kappa shape index (κ1) is 19.8. The van der Waals surface area contributed by atoms with Crippen LogP contribution >= 0.6 is 0 Å². The summed E-state index contributed by atoms with van der Waals surface area (Å²) in [5.74, 6) is 0. The summed E-state index contributed by atoms with van der Waals surface area (Å²) >= 11 is 0. The molecule has 160 valence electrons. The molecule has 0 aliphatic carbocycles. The van der Waals surface area contributed by atoms with Crippen LogP contribution in [-0.2, 0) is 0 Å². The zero-order valence-electron chi connectivity index (χ0n) is 18.4. The zero-order valence-corrected chi connectivity index (χ0v) is 18.4. The van der Waals surface area contributed by atoms with Crippen LogP contribution in [0.1, 0.15) is 24.7 Å². The molecule has 0 spiro atoms. The number of hydrogen-bond acceptors (Lipinski definition) is 6. The number of likely N-dealkylation sites (N-methyl/N-ethyl adjacent to an activating group) is 1. The number of piperazine rings is 1. The molecule has 1 aliphatic heterocycles. The van der Waals surface area contributed by atoms with Crippen molar-refractivity contribution in [2.45, 2.75) is 33.2 Å². The van der Waals surface area contributed by atoms with Gasteiger partial charge < -0.3 is 13.7 Å². The lowest BCUT2D eigenvalue weighted by molar-refractivity contribution is 0.213. The highest BCUT2D eigenvalue weighted by Crippen LogP contribution is 2.27. The Balaban J connectivity index is 1.53. The van der Waals surface area contributed by atoms with Gasteiger partial charge in [0.15, 0.2) is 5.65 Å². The van der Waals surface area contributed by atoms with Crippen molar-refractivity contribution in [1.82, 2.24) is 19.3 Å². The number of hydrogen-bond donors (Lipinski definition) is 0. The Hall–Kier alpha value is -3.19. The van der Waals surface area contributed by atoms with E-state index in [0.29, 0.717) is 22.9 Å². The van der Waals surface area contributed by atoms with Gasteiger partial charge in [-0.15, -0.1) is 0 Å². The Labute approximate surface area is 180 Å². The van der Waals surface area contributed by atoms with Crippen molar-refractivity contribution >= 4 is 22.3 Å². The van der Waals surface area contributed by atoms with Crippen molar-refractivity contribution in [3.63, 3.8) is 0 Å². The lowest BCUT2D eigenvalue weighted by Crippen LogP contribution is -2.51. The molecule has 0 saturated carbocycles. The molecule has 1 aliphatic rings. The van der Waals surface area contributed by atoms with Crippen molar-refractivity contribution in [1.29, 1.82) is 0 Å². The molecular formula is C24H27N5O2. The van der Waals surface area contributed by atoms with Crippen molar-refractivity contribution in [2.75, 3.05) is 31.6 Å². The number of aryl methyl sites for hydroxylation is 2. The summed E-state index contributed by atoms with van der Waals surface area (Å²) in [7, 11) is 2.19. The number of aromatic nitrogens is 3. The summed E-state index contributed by atoms with van der Waals surface area (Å²) in [5.41, 5.74) is 4.87. The van der Waals surface area contributed by atoms with Gasteiger partial charge in [-0.05, 0) is 45.5 Å². The zero-order chi connectivity index (χ0) is 21.7. The standard InChI is InChI=1S/C24H27N5O2/c1-5-18-13-28(9-8-27(18)4)19-7-6-17-10-20(24(30)31-22(17)11-19)21-14-29-12-15(2)25-16(3)23(29)26-21/h6-7,10-12,14,18H,5,8-9,13H2,1-4H3/t18-/m0/s1. The summed E-state index contributed by atoms with van der Waals surface area (Å²) in [4.78, 5) is 26.7. The smallest absolute Gasteiger partial charge is 0.345 e. The number of anilines is 1. The van der Waals surface area contributed by atoms with Crippen LogP contribution in [0.15, 0.2) is 45.9 Å². The second kappa shape index (κ2) is 7.50. The predicted molar refractivity (Wildman–Crippen MR) is 123 cm³/mol. The first-order valence-electron chi connectivity index (χ1n) is 10.8. The van der Waals surface area contributed by atoms with Gasteiger partial charge >= 0.3 is 5.63 Å². The first-order chi connectivity index (χ1) is 14.9. The van der Waals surface area contributed by atoms with E-state index in [1.54, 1.807) is 0 Å². The molecule has 7 heteroatoms. The molecule has 1 aromatic carbocycles. The second-order valence-corrected chi connectivity index (χ2v) is 8.48. The molecule has 0 unspecified atom stereocenters. The minimum atomic E-state index is -0.375. The van der Waals surface area contributed by atoms with Gasteiger partial charge in [-0.1, -0.05) is 6.92 Å². The summed E-state index contributed by atoms with van der Waals surface area (Å²) < 4.78 is 7.66. The monoisotopic (exact) mass is 417 g/mol. The molecular weight excluding hydrogens is 390 g/mol. The predicted octanol–water partition coefficient (Wildman–Crippen LogP) is 3.65. The van der Waals surface area contributed by atoms with E-state index in [1.165, 1.54) is 0 Å². The fraction of sp³-hybridized carbons (Fsp3) is 0.375. The Morgan fingerprint density at radius 3 is 2.77 bits per heavy atom. The molecule has 5 rings (SSSR count). The average Bonchev–Trinajstić information content (AvgIpc) is 3.17. The minimum Gasteiger partial charge on any atom is -0.422 e. The van der Waals surface area contributed by atoms with Gasteiger partial charge in [0.25, 0.3) is 0 Å². The first-order valence-corrected chi connectivity index (χ1v) is 10.8. The van der Waals surface area contributed by atoms with Crippen LogP contribution in [0.5, 0.6) is 0 Å². The van der Waals surface area contributed by atoms with Gasteiger partial charge in [0.2, 0.25) is 0 Å². The fourth-order valence-corrected chi connectivity index (χ4v) is 4.53. The van der Waals surface area contributed by atoms with E-state index >= 15 is 0 Å². The molecule has 4 heterocycles. The lowest BCUT2D eigenvalue weighted by atomic mass is 10.1. The quantitative estimate of drug-likeness (QED) is 0.474. The molecule has 0 N–H and O–H groups in total. The third kappa shape index (κ3) is 3.49. The van der Waals surface area contributed by atoms with Gasteiger partial charge in [-0.3, -0.25) is 9.88 Å². The van der Waals surface area contributed by atoms with Crippen LogP contribution in [-0.4, -0.2) is 52.0 Å². The normalized spacial score (nSPS) is 17.7. The van der Waals surface area contributed by atoms with Gasteiger partial charge in [-0.25, -0.2) is 9.78 Å². The number of nitrogens with zero attached hydrogens (tertiary/aromatic N) is 5. The van der Waals surface area contributed by atoms with E-state index in [4.69, 9.17) is 4.42 Å². The second-order valence-electron chi connectivity index (χ2n) is 8.48. The Morgan fingerprint density at radius 2 is 1.97 bits per heavy atom. The average molecular weight is 418 g/mol. The van der Waals surface area contributed by atoms with Gasteiger partial charge in [0, 0.05) is 55.2 Å². The maximum Gasteiger partial charge on any atom is 0.345 e. The highest BCUT2D eigenvalue weighted by atomic mass is 16.4. The maximum absolute atomic E-state index is 12.8. The molecule has 0 radical (unpaired) electrons. The van der Waals surface area contributed by atoms with Crippen LogP contribution in [0.4, 0.5) is 5.69 Å². The van der Waals surface area contributed by atoms with Crippen LogP contribution in [0, 0.1) is 13.8 Å². The molecule has 3 aromatic heterocycles. The summed E-state index contributed by atoms with van der Waals surface area (Å²) in [5, 5.41) is 0.891. The number of rotatable bonds is 3. The molecule has 1 atom stereocenters. The van der Waals surface area contributed by atoms with Gasteiger partial charge in [-0.2, -0.15) is 0 Å². The van der Waals surface area contributed by atoms with Crippen LogP contribution in [0.3, 0.4) is 0 Å². The molecule has 1 fully saturated rings. The highest BCUT2D eigenvalue weighted by molar-refractivity contribution is 5.84. The maximum atomic E-state index is 12.8. The van der Waals surface area contributed by atoms with Crippen molar-refractivity contribution in [3.8, 4) is 11.3 Å². The summed E-state index contributed by atoms with van der Waals surface area (Å²) in [6.45, 7) is 9.07. The highest BCUT2D eigenvalue weighted by Gasteiger charge is 2.23. The molecule has 0 bridgehead atoms. The number of imidazole rings is 1. The van der Waals surface area contributed by atoms with Crippen LogP contribution < -0.4 is 10.5 Å². The van der Waals surface area contributed by atoms with Crippen LogP contribution in [0.2, 0.25) is 0 Å². The van der Waals surface area contributed by atoms with E-state index in [2.05, 4.69) is 39.8 Å². The van der Waals surface area contributed by atoms with E-state index in [0.717, 1.165) is 54.2 Å². The van der Waals surface area contributed by atoms with E-state index in [-0.39, 0.29) is 5.63 Å². The molecule has 4 aromatic rings. The molecule has 1 saturated heterocycles. The third-order valence-electron chi connectivity index (χ3n) is 6.33. The summed E-state index contributed by atoms with van der Waals surface area (Å²) in [6, 6.07) is 8.55. The molecule has 31 heavy (non-hydrogen) atoms. The number of fused-ring (bicyclic) bond motifs is 2. The van der Waals surface area contributed by atoms with Crippen LogP contribution in [0.25, 0.3) is 27.9 Å². The van der Waals surface area contributed by atoms with Crippen molar-refractivity contribution in [2.24, 2.45) is 0 Å². The van der Waals surface area contributed by atoms with E-state index < -0.39 is 0 Å². The topological polar surface area (TPSA) is 66.9 Å². The van der Waals surface area contributed by atoms with Gasteiger partial charge in [0.1, 0.15) is 5.58 Å². The van der Waals surface area contributed by atoms with Crippen molar-refractivity contribution in [3.05, 3.63) is 58.5 Å². The third-order valence-corrected chi connectivity index (χ3v) is 6.33.